The molecule has 0 spiro atoms. The van der Waals surface area contributed by atoms with Gasteiger partial charge in [0.1, 0.15) is 5.56 Å². The van der Waals surface area contributed by atoms with Crippen LogP contribution in [-0.2, 0) is 0 Å². The Morgan fingerprint density at radius 2 is 1.82 bits per heavy atom. The van der Waals surface area contributed by atoms with Crippen LogP contribution in [0.25, 0.3) is 5.69 Å². The molecular formula is C13H14N6O3. The summed E-state index contributed by atoms with van der Waals surface area (Å²) in [6.45, 7) is 1.43. The van der Waals surface area contributed by atoms with Gasteiger partial charge in [0.2, 0.25) is 11.8 Å². The number of rotatable bonds is 3. The molecule has 0 aliphatic heterocycles. The van der Waals surface area contributed by atoms with E-state index < -0.39 is 17.1 Å². The Morgan fingerprint density at radius 1 is 1.18 bits per heavy atom. The molecule has 114 valence electrons. The summed E-state index contributed by atoms with van der Waals surface area (Å²) in [5, 5.41) is 17.3. The number of hydrogen-bond donors (Lipinski definition) is 4. The standard InChI is InChI=1S/C13H14N6O3/c1-7(17-18-12(14)15)9-10(20)16-13(22)19(11(9)21)8-5-3-2-4-6-8/h2-6,21H,1H3,(H4,14,15,18)(H,16,20,22). The number of hydrogen-bond acceptors (Lipinski definition) is 5. The molecule has 2 aromatic rings. The highest BCUT2D eigenvalue weighted by atomic mass is 16.3. The van der Waals surface area contributed by atoms with Crippen LogP contribution in [0.3, 0.4) is 0 Å². The summed E-state index contributed by atoms with van der Waals surface area (Å²) in [5.74, 6) is -0.848. The van der Waals surface area contributed by atoms with Crippen molar-refractivity contribution in [1.29, 1.82) is 0 Å². The Morgan fingerprint density at radius 3 is 2.41 bits per heavy atom. The van der Waals surface area contributed by atoms with Crippen molar-refractivity contribution in [2.45, 2.75) is 6.92 Å². The summed E-state index contributed by atoms with van der Waals surface area (Å²) < 4.78 is 0.950. The van der Waals surface area contributed by atoms with Crippen LogP contribution in [0, 0.1) is 0 Å². The predicted molar refractivity (Wildman–Crippen MR) is 82.3 cm³/mol. The van der Waals surface area contributed by atoms with Gasteiger partial charge in [0.15, 0.2) is 0 Å². The molecule has 9 nitrogen and oxygen atoms in total. The predicted octanol–water partition coefficient (Wildman–Crippen LogP) is -0.771. The van der Waals surface area contributed by atoms with Crippen LogP contribution in [-0.4, -0.2) is 26.3 Å². The Hall–Kier alpha value is -3.36. The molecule has 0 fully saturated rings. The number of nitrogens with one attached hydrogen (secondary N) is 1. The number of H-pyrrole nitrogens is 1. The van der Waals surface area contributed by atoms with Crippen molar-refractivity contribution in [2.75, 3.05) is 0 Å². The molecule has 0 bridgehead atoms. The molecule has 1 aromatic heterocycles. The van der Waals surface area contributed by atoms with Gasteiger partial charge in [0, 0.05) is 0 Å². The van der Waals surface area contributed by atoms with Crippen LogP contribution < -0.4 is 22.7 Å². The Bertz CT molecular complexity index is 860. The van der Waals surface area contributed by atoms with Gasteiger partial charge in [0.05, 0.1) is 11.4 Å². The van der Waals surface area contributed by atoms with E-state index in [2.05, 4.69) is 15.2 Å². The normalized spacial score (nSPS) is 11.2. The Labute approximate surface area is 124 Å². The molecule has 0 saturated heterocycles. The van der Waals surface area contributed by atoms with E-state index in [0.717, 1.165) is 4.57 Å². The third-order valence-corrected chi connectivity index (χ3v) is 2.78. The minimum absolute atomic E-state index is 0.0526. The molecule has 22 heavy (non-hydrogen) atoms. The van der Waals surface area contributed by atoms with Gasteiger partial charge in [0.25, 0.3) is 5.56 Å². The minimum Gasteiger partial charge on any atom is -0.493 e. The van der Waals surface area contributed by atoms with Gasteiger partial charge in [-0.25, -0.2) is 9.36 Å². The summed E-state index contributed by atoms with van der Waals surface area (Å²) in [4.78, 5) is 26.0. The first-order valence-electron chi connectivity index (χ1n) is 6.19. The fourth-order valence-corrected chi connectivity index (χ4v) is 1.85. The first-order chi connectivity index (χ1) is 10.4. The SMILES string of the molecule is CC(=NN=C(N)N)c1c(O)n(-c2ccccc2)c(=O)[nH]c1=O. The summed E-state index contributed by atoms with van der Waals surface area (Å²) in [5.41, 5.74) is 8.99. The molecule has 0 aliphatic rings. The van der Waals surface area contributed by atoms with Crippen LogP contribution >= 0.6 is 0 Å². The van der Waals surface area contributed by atoms with E-state index in [9.17, 15) is 14.7 Å². The zero-order valence-corrected chi connectivity index (χ0v) is 11.6. The topological polar surface area (TPSA) is 152 Å². The van der Waals surface area contributed by atoms with Crippen LogP contribution in [0.2, 0.25) is 0 Å². The van der Waals surface area contributed by atoms with Gasteiger partial charge < -0.3 is 16.6 Å². The number of para-hydroxylation sites is 1. The Balaban J connectivity index is 2.73. The summed E-state index contributed by atoms with van der Waals surface area (Å²) in [6, 6.07) is 8.33. The van der Waals surface area contributed by atoms with Crippen molar-refractivity contribution in [1.82, 2.24) is 9.55 Å². The lowest BCUT2D eigenvalue weighted by atomic mass is 10.2. The van der Waals surface area contributed by atoms with Gasteiger partial charge in [-0.1, -0.05) is 18.2 Å². The van der Waals surface area contributed by atoms with Crippen molar-refractivity contribution in [3.05, 3.63) is 56.7 Å². The second-order valence-electron chi connectivity index (χ2n) is 4.34. The van der Waals surface area contributed by atoms with Crippen molar-refractivity contribution >= 4 is 11.7 Å². The van der Waals surface area contributed by atoms with Crippen molar-refractivity contribution in [3.63, 3.8) is 0 Å². The summed E-state index contributed by atoms with van der Waals surface area (Å²) in [7, 11) is 0. The zero-order valence-electron chi connectivity index (χ0n) is 11.6. The molecular weight excluding hydrogens is 288 g/mol. The van der Waals surface area contributed by atoms with E-state index in [4.69, 9.17) is 11.5 Å². The first-order valence-corrected chi connectivity index (χ1v) is 6.19. The highest BCUT2D eigenvalue weighted by Gasteiger charge is 2.17. The van der Waals surface area contributed by atoms with E-state index in [1.54, 1.807) is 30.3 Å². The minimum atomic E-state index is -0.790. The number of aromatic hydroxyl groups is 1. The number of guanidine groups is 1. The summed E-state index contributed by atoms with van der Waals surface area (Å²) >= 11 is 0. The number of nitrogens with two attached hydrogens (primary N) is 2. The Kier molecular flexibility index (Phi) is 4.07. The largest absolute Gasteiger partial charge is 0.493 e. The summed E-state index contributed by atoms with van der Waals surface area (Å²) in [6.07, 6.45) is 0. The van der Waals surface area contributed by atoms with Crippen molar-refractivity contribution in [2.24, 2.45) is 21.7 Å². The van der Waals surface area contributed by atoms with Gasteiger partial charge in [-0.15, -0.1) is 5.10 Å². The average Bonchev–Trinajstić information content (AvgIpc) is 2.45. The van der Waals surface area contributed by atoms with Crippen LogP contribution in [0.4, 0.5) is 0 Å². The van der Waals surface area contributed by atoms with E-state index in [-0.39, 0.29) is 17.2 Å². The van der Waals surface area contributed by atoms with Crippen LogP contribution in [0.1, 0.15) is 12.5 Å². The molecule has 2 rings (SSSR count). The maximum atomic E-state index is 11.9. The molecule has 0 atom stereocenters. The second-order valence-corrected chi connectivity index (χ2v) is 4.34. The van der Waals surface area contributed by atoms with Gasteiger partial charge in [-0.2, -0.15) is 5.10 Å². The molecule has 6 N–H and O–H groups in total. The molecule has 1 heterocycles. The molecule has 0 aliphatic carbocycles. The highest BCUT2D eigenvalue weighted by Crippen LogP contribution is 2.16. The van der Waals surface area contributed by atoms with Crippen molar-refractivity contribution < 1.29 is 5.11 Å². The molecule has 0 saturated carbocycles. The van der Waals surface area contributed by atoms with Gasteiger partial charge >= 0.3 is 5.69 Å². The second kappa shape index (κ2) is 5.95. The lowest BCUT2D eigenvalue weighted by Gasteiger charge is -2.10. The number of benzene rings is 1. The fraction of sp³-hybridized carbons (Fsp3) is 0.0769. The van der Waals surface area contributed by atoms with E-state index in [1.165, 1.54) is 6.92 Å². The maximum Gasteiger partial charge on any atom is 0.335 e. The monoisotopic (exact) mass is 302 g/mol. The molecule has 1 aromatic carbocycles. The third kappa shape index (κ3) is 2.87. The highest BCUT2D eigenvalue weighted by molar-refractivity contribution is 6.00. The van der Waals surface area contributed by atoms with Crippen LogP contribution in [0.15, 0.2) is 50.1 Å². The lowest BCUT2D eigenvalue weighted by Crippen LogP contribution is -2.32. The lowest BCUT2D eigenvalue weighted by molar-refractivity contribution is 0.429. The van der Waals surface area contributed by atoms with Crippen LogP contribution in [0.5, 0.6) is 5.88 Å². The van der Waals surface area contributed by atoms with E-state index in [0.29, 0.717) is 5.69 Å². The third-order valence-electron chi connectivity index (χ3n) is 2.78. The molecule has 0 unspecified atom stereocenters. The molecule has 9 heteroatoms. The maximum absolute atomic E-state index is 11.9. The smallest absolute Gasteiger partial charge is 0.335 e. The number of nitrogens with zero attached hydrogens (tertiary/aromatic N) is 3. The van der Waals surface area contributed by atoms with Gasteiger partial charge in [-0.05, 0) is 19.1 Å². The average molecular weight is 302 g/mol. The van der Waals surface area contributed by atoms with E-state index in [1.807, 2.05) is 0 Å². The zero-order chi connectivity index (χ0) is 16.3. The molecule has 0 amide bonds. The quantitative estimate of drug-likeness (QED) is 0.333. The fourth-order valence-electron chi connectivity index (χ4n) is 1.85. The van der Waals surface area contributed by atoms with Gasteiger partial charge in [-0.3, -0.25) is 9.78 Å². The van der Waals surface area contributed by atoms with Crippen molar-refractivity contribution in [3.8, 4) is 11.6 Å². The first kappa shape index (κ1) is 15.0. The number of aromatic amines is 1. The molecule has 0 radical (unpaired) electrons. The van der Waals surface area contributed by atoms with E-state index >= 15 is 0 Å². The number of aromatic nitrogens is 2.